The van der Waals surface area contributed by atoms with Gasteiger partial charge in [0, 0.05) is 18.7 Å². The second kappa shape index (κ2) is 7.44. The lowest BCUT2D eigenvalue weighted by Crippen LogP contribution is -2.41. The Morgan fingerprint density at radius 1 is 1.10 bits per heavy atom. The molecule has 0 aromatic heterocycles. The number of hydrogen-bond acceptors (Lipinski definition) is 5. The smallest absolute Gasteiger partial charge is 0.203 e. The van der Waals surface area contributed by atoms with Gasteiger partial charge in [-0.3, -0.25) is 4.90 Å². The monoisotopic (exact) mass is 313 g/mol. The summed E-state index contributed by atoms with van der Waals surface area (Å²) in [4.78, 5) is 2.65. The third-order valence-corrected chi connectivity index (χ3v) is 3.94. The fourth-order valence-corrected chi connectivity index (χ4v) is 2.76. The van der Waals surface area contributed by atoms with Crippen LogP contribution in [0.2, 0.25) is 0 Å². The van der Waals surface area contributed by atoms with E-state index in [-0.39, 0.29) is 0 Å². The van der Waals surface area contributed by atoms with Gasteiger partial charge in [-0.05, 0) is 12.1 Å². The van der Waals surface area contributed by atoms with E-state index in [1.807, 2.05) is 4.90 Å². The minimum Gasteiger partial charge on any atom is -0.493 e. The Bertz CT molecular complexity index is 525. The highest BCUT2D eigenvalue weighted by atomic mass is 32.1. The number of ether oxygens (including phenoxy) is 4. The summed E-state index contributed by atoms with van der Waals surface area (Å²) in [5.74, 6) is 1.58. The molecule has 116 valence electrons. The van der Waals surface area contributed by atoms with Crippen molar-refractivity contribution in [1.82, 2.24) is 4.90 Å². The molecule has 0 N–H and O–H groups in total. The third kappa shape index (κ3) is 3.37. The molecule has 1 aromatic carbocycles. The van der Waals surface area contributed by atoms with E-state index in [0.29, 0.717) is 59.8 Å². The van der Waals surface area contributed by atoms with Gasteiger partial charge in [-0.1, -0.05) is 0 Å². The fraction of sp³-hybridized carbons (Fsp3) is 0.500. The van der Waals surface area contributed by atoms with Crippen molar-refractivity contribution in [2.75, 3.05) is 47.6 Å². The van der Waals surface area contributed by atoms with E-state index < -0.39 is 0 Å². The van der Waals surface area contributed by atoms with E-state index in [1.54, 1.807) is 33.5 Å². The first-order valence-corrected chi connectivity index (χ1v) is 7.29. The van der Waals surface area contributed by atoms with E-state index in [1.165, 1.54) is 0 Å². The van der Waals surface area contributed by atoms with Gasteiger partial charge in [0.25, 0.3) is 0 Å². The summed E-state index contributed by atoms with van der Waals surface area (Å²) in [6.45, 7) is 2.63. The van der Waals surface area contributed by atoms with Crippen LogP contribution in [-0.2, 0) is 16.0 Å². The number of morpholine rings is 1. The first-order valence-electron chi connectivity index (χ1n) is 6.55. The lowest BCUT2D eigenvalue weighted by atomic mass is 10.1. The van der Waals surface area contributed by atoms with E-state index in [0.717, 1.165) is 5.56 Å². The van der Waals surface area contributed by atoms with Gasteiger partial charge in [0.1, 0.15) is 16.2 Å². The van der Waals surface area contributed by atoms with Crippen LogP contribution in [0, 0.1) is 0 Å². The first-order chi connectivity index (χ1) is 10.2. The number of benzene rings is 1. The Kier molecular flexibility index (Phi) is 5.60. The highest BCUT2D eigenvalue weighted by molar-refractivity contribution is 7.66. The molecule has 2 rings (SSSR count). The molecule has 21 heavy (non-hydrogen) atoms. The zero-order valence-electron chi connectivity index (χ0n) is 12.4. The van der Waals surface area contributed by atoms with Gasteiger partial charge in [-0.2, -0.15) is 0 Å². The average Bonchev–Trinajstić information content (AvgIpc) is 2.55. The van der Waals surface area contributed by atoms with Crippen LogP contribution in [0.15, 0.2) is 12.1 Å². The van der Waals surface area contributed by atoms with Crippen molar-refractivity contribution in [3.63, 3.8) is 0 Å². The zero-order chi connectivity index (χ0) is 15.2. The topological polar surface area (TPSA) is 57.2 Å². The molecule has 1 aromatic rings. The summed E-state index contributed by atoms with van der Waals surface area (Å²) < 4.78 is 32.8. The van der Waals surface area contributed by atoms with Crippen molar-refractivity contribution >= 4 is 16.2 Å². The molecule has 0 atom stereocenters. The predicted molar refractivity (Wildman–Crippen MR) is 80.7 cm³/mol. The van der Waals surface area contributed by atoms with Crippen LogP contribution >= 0.6 is 0 Å². The number of rotatable bonds is 4. The summed E-state index contributed by atoms with van der Waals surface area (Å²) in [6, 6.07) is 3.58. The molecule has 1 fully saturated rings. The van der Waals surface area contributed by atoms with Crippen molar-refractivity contribution in [3.8, 4) is 17.2 Å². The van der Waals surface area contributed by atoms with Gasteiger partial charge in [-0.15, -0.1) is 0 Å². The summed E-state index contributed by atoms with van der Waals surface area (Å²) in [5.41, 5.74) is 0.756. The Hall–Kier alpha value is -1.57. The molecule has 0 radical (unpaired) electrons. The van der Waals surface area contributed by atoms with Crippen molar-refractivity contribution in [1.29, 1.82) is 0 Å². The SMILES string of the molecule is COc1cc(C(=S=O)N2CCOCC2)cc(OC)c1OC. The molecule has 0 spiro atoms. The number of methoxy groups -OCH3 is 3. The van der Waals surface area contributed by atoms with Crippen LogP contribution in [0.4, 0.5) is 0 Å². The van der Waals surface area contributed by atoms with Crippen LogP contribution in [0.3, 0.4) is 0 Å². The molecule has 1 heterocycles. The van der Waals surface area contributed by atoms with Crippen LogP contribution < -0.4 is 14.2 Å². The summed E-state index contributed by atoms with van der Waals surface area (Å²) >= 11 is 0.466. The normalized spacial score (nSPS) is 15.4. The second-order valence-electron chi connectivity index (χ2n) is 4.40. The van der Waals surface area contributed by atoms with Crippen molar-refractivity contribution in [2.24, 2.45) is 0 Å². The standard InChI is InChI=1S/C14H19NO5S/c1-17-11-8-10(9-12(18-2)13(11)19-3)14(21-16)15-4-6-20-7-5-15/h8-9H,4-7H2,1-3H3. The zero-order valence-corrected chi connectivity index (χ0v) is 13.2. The molecule has 0 bridgehead atoms. The lowest BCUT2D eigenvalue weighted by Gasteiger charge is -2.27. The molecule has 7 heteroatoms. The lowest BCUT2D eigenvalue weighted by molar-refractivity contribution is 0.0692. The molecule has 0 aliphatic carbocycles. The van der Waals surface area contributed by atoms with Crippen molar-refractivity contribution in [2.45, 2.75) is 0 Å². The van der Waals surface area contributed by atoms with Crippen LogP contribution in [0.25, 0.3) is 0 Å². The predicted octanol–water partition coefficient (Wildman–Crippen LogP) is 0.736. The van der Waals surface area contributed by atoms with Gasteiger partial charge in [0.05, 0.1) is 34.5 Å². The van der Waals surface area contributed by atoms with E-state index in [2.05, 4.69) is 0 Å². The van der Waals surface area contributed by atoms with Crippen LogP contribution in [0.5, 0.6) is 17.2 Å². The van der Waals surface area contributed by atoms with E-state index in [9.17, 15) is 4.21 Å². The Labute approximate surface area is 127 Å². The molecule has 0 unspecified atom stereocenters. The summed E-state index contributed by atoms with van der Waals surface area (Å²) in [7, 11) is 4.66. The number of hydrogen-bond donors (Lipinski definition) is 0. The maximum atomic E-state index is 11.6. The molecule has 0 saturated carbocycles. The molecular weight excluding hydrogens is 294 g/mol. The first kappa shape index (κ1) is 15.8. The highest BCUT2D eigenvalue weighted by Crippen LogP contribution is 2.38. The quantitative estimate of drug-likeness (QED) is 0.764. The van der Waals surface area contributed by atoms with Crippen LogP contribution in [0.1, 0.15) is 5.56 Å². The van der Waals surface area contributed by atoms with Crippen molar-refractivity contribution < 1.29 is 23.2 Å². The molecule has 0 amide bonds. The Balaban J connectivity index is 2.44. The van der Waals surface area contributed by atoms with Gasteiger partial charge in [0.2, 0.25) is 5.75 Å². The molecular formula is C14H19NO5S. The molecule has 1 aliphatic rings. The minimum absolute atomic E-state index is 0.466. The highest BCUT2D eigenvalue weighted by Gasteiger charge is 2.21. The van der Waals surface area contributed by atoms with Crippen molar-refractivity contribution in [3.05, 3.63) is 17.7 Å². The largest absolute Gasteiger partial charge is 0.493 e. The van der Waals surface area contributed by atoms with E-state index >= 15 is 0 Å². The van der Waals surface area contributed by atoms with Gasteiger partial charge in [-0.25, -0.2) is 4.21 Å². The van der Waals surface area contributed by atoms with Gasteiger partial charge in [0.15, 0.2) is 11.5 Å². The maximum absolute atomic E-state index is 11.6. The Morgan fingerprint density at radius 3 is 2.10 bits per heavy atom. The number of nitrogens with zero attached hydrogens (tertiary/aromatic N) is 1. The van der Waals surface area contributed by atoms with Crippen LogP contribution in [-0.4, -0.2) is 61.7 Å². The van der Waals surface area contributed by atoms with Gasteiger partial charge >= 0.3 is 0 Å². The summed E-state index contributed by atoms with van der Waals surface area (Å²) in [5, 5.41) is 0. The Morgan fingerprint density at radius 2 is 1.67 bits per heavy atom. The molecule has 6 nitrogen and oxygen atoms in total. The molecule has 1 saturated heterocycles. The van der Waals surface area contributed by atoms with Gasteiger partial charge < -0.3 is 18.9 Å². The molecule has 1 aliphatic heterocycles. The maximum Gasteiger partial charge on any atom is 0.203 e. The third-order valence-electron chi connectivity index (χ3n) is 3.29. The minimum atomic E-state index is 0.466. The second-order valence-corrected chi connectivity index (χ2v) is 4.96. The van der Waals surface area contributed by atoms with E-state index in [4.69, 9.17) is 18.9 Å². The fourth-order valence-electron chi connectivity index (χ4n) is 2.25. The summed E-state index contributed by atoms with van der Waals surface area (Å²) in [6.07, 6.45) is 0. The average molecular weight is 313 g/mol.